The van der Waals surface area contributed by atoms with Crippen LogP contribution in [0.2, 0.25) is 0 Å². The van der Waals surface area contributed by atoms with Crippen LogP contribution in [0.5, 0.6) is 0 Å². The molecule has 3 rings (SSSR count). The van der Waals surface area contributed by atoms with Gasteiger partial charge in [-0.1, -0.05) is 18.2 Å². The topological polar surface area (TPSA) is 102 Å². The Bertz CT molecular complexity index is 907. The summed E-state index contributed by atoms with van der Waals surface area (Å²) in [7, 11) is -2.62. The van der Waals surface area contributed by atoms with E-state index in [2.05, 4.69) is 4.53 Å². The first-order chi connectivity index (χ1) is 12.5. The van der Waals surface area contributed by atoms with Crippen LogP contribution >= 0.6 is 0 Å². The maximum absolute atomic E-state index is 12.7. The number of benzene rings is 2. The number of carbonyl (C=O) groups excluding carboxylic acids is 1. The Kier molecular flexibility index (Phi) is 5.17. The summed E-state index contributed by atoms with van der Waals surface area (Å²) in [6.07, 6.45) is 0. The van der Waals surface area contributed by atoms with Crippen LogP contribution in [-0.2, 0) is 14.6 Å². The molecule has 0 unspecified atom stereocenters. The number of non-ortho nitro benzene ring substituents is 1. The van der Waals surface area contributed by atoms with Gasteiger partial charge in [0.15, 0.2) is 0 Å². The minimum Gasteiger partial charge on any atom is -0.370 e. The zero-order valence-electron chi connectivity index (χ0n) is 13.8. The van der Waals surface area contributed by atoms with E-state index >= 15 is 0 Å². The lowest BCUT2D eigenvalue weighted by Gasteiger charge is -2.30. The minimum atomic E-state index is -2.62. The average Bonchev–Trinajstić information content (AvgIpc) is 2.67. The monoisotopic (exact) mass is 375 g/mol. The number of anilines is 1. The lowest BCUT2D eigenvalue weighted by atomic mass is 10.2. The van der Waals surface area contributed by atoms with Crippen LogP contribution < -0.4 is 4.90 Å². The fourth-order valence-electron chi connectivity index (χ4n) is 2.57. The van der Waals surface area contributed by atoms with Crippen molar-refractivity contribution >= 4 is 27.1 Å². The molecule has 2 aromatic rings. The Morgan fingerprint density at radius 1 is 1.08 bits per heavy atom. The number of carbonyl (C=O) groups is 1. The first-order valence-corrected chi connectivity index (χ1v) is 9.80. The second-order valence-electron chi connectivity index (χ2n) is 5.76. The maximum Gasteiger partial charge on any atom is 0.366 e. The molecule has 0 amide bonds. The Hall–Kier alpha value is -2.94. The fourth-order valence-corrected chi connectivity index (χ4v) is 4.13. The second kappa shape index (κ2) is 7.52. The van der Waals surface area contributed by atoms with Crippen molar-refractivity contribution in [3.8, 4) is 0 Å². The van der Waals surface area contributed by atoms with E-state index in [9.17, 15) is 19.1 Å². The van der Waals surface area contributed by atoms with Crippen LogP contribution in [0, 0.1) is 10.1 Å². The molecule has 0 saturated carbocycles. The predicted molar refractivity (Wildman–Crippen MR) is 97.5 cm³/mol. The van der Waals surface area contributed by atoms with E-state index in [1.165, 1.54) is 12.1 Å². The van der Waals surface area contributed by atoms with Crippen LogP contribution in [-0.4, -0.2) is 39.7 Å². The standard InChI is InChI=1S/C17H17N3O5S/c21-17(14-4-2-1-3-5-14)25-18-26(24)12-10-19(11-13-26)15-6-8-16(9-7-15)20(22)23/h1-9H,10-13H2. The lowest BCUT2D eigenvalue weighted by molar-refractivity contribution is -0.384. The number of nitrogens with zero attached hydrogens (tertiary/aromatic N) is 3. The Morgan fingerprint density at radius 2 is 1.69 bits per heavy atom. The van der Waals surface area contributed by atoms with Gasteiger partial charge in [-0.3, -0.25) is 10.1 Å². The highest BCUT2D eigenvalue weighted by atomic mass is 32.2. The molecule has 1 saturated heterocycles. The number of nitro benzene ring substituents is 1. The van der Waals surface area contributed by atoms with Gasteiger partial charge in [-0.15, -0.1) is 0 Å². The molecule has 26 heavy (non-hydrogen) atoms. The quantitative estimate of drug-likeness (QED) is 0.601. The van der Waals surface area contributed by atoms with E-state index < -0.39 is 20.6 Å². The maximum atomic E-state index is 12.7. The molecule has 0 N–H and O–H groups in total. The molecule has 0 aromatic heterocycles. The zero-order chi connectivity index (χ0) is 18.6. The number of nitro groups is 1. The summed E-state index contributed by atoms with van der Waals surface area (Å²) >= 11 is 0. The van der Waals surface area contributed by atoms with Gasteiger partial charge >= 0.3 is 5.97 Å². The molecule has 1 aliphatic heterocycles. The second-order valence-corrected chi connectivity index (χ2v) is 8.27. The van der Waals surface area contributed by atoms with Crippen molar-refractivity contribution in [2.75, 3.05) is 29.5 Å². The van der Waals surface area contributed by atoms with Crippen LogP contribution in [0.15, 0.2) is 59.1 Å². The van der Waals surface area contributed by atoms with Crippen LogP contribution in [0.4, 0.5) is 11.4 Å². The lowest BCUT2D eigenvalue weighted by Crippen LogP contribution is -2.40. The van der Waals surface area contributed by atoms with Gasteiger partial charge in [-0.05, 0) is 28.8 Å². The van der Waals surface area contributed by atoms with E-state index in [0.29, 0.717) is 18.7 Å². The van der Waals surface area contributed by atoms with Crippen molar-refractivity contribution in [2.45, 2.75) is 0 Å². The molecular weight excluding hydrogens is 358 g/mol. The molecule has 0 bridgehead atoms. The SMILES string of the molecule is O=C(ON=S1(=O)CCN(c2ccc([N+](=O)[O-])cc2)CC1)c1ccccc1. The molecule has 8 nitrogen and oxygen atoms in total. The van der Waals surface area contributed by atoms with Crippen molar-refractivity contribution in [3.05, 3.63) is 70.3 Å². The summed E-state index contributed by atoms with van der Waals surface area (Å²) < 4.78 is 16.4. The number of rotatable bonds is 4. The van der Waals surface area contributed by atoms with E-state index in [1.54, 1.807) is 42.5 Å². The van der Waals surface area contributed by atoms with Gasteiger partial charge < -0.3 is 9.74 Å². The molecule has 2 aromatic carbocycles. The minimum absolute atomic E-state index is 0.0254. The number of hydrogen-bond acceptors (Lipinski definition) is 7. The third-order valence-electron chi connectivity index (χ3n) is 4.05. The molecule has 136 valence electrons. The van der Waals surface area contributed by atoms with Gasteiger partial charge in [-0.2, -0.15) is 0 Å². The van der Waals surface area contributed by atoms with Crippen molar-refractivity contribution in [3.63, 3.8) is 0 Å². The van der Waals surface area contributed by atoms with Gasteiger partial charge in [0.25, 0.3) is 5.69 Å². The van der Waals surface area contributed by atoms with Crippen molar-refractivity contribution < 1.29 is 18.8 Å². The van der Waals surface area contributed by atoms with E-state index in [4.69, 9.17) is 4.84 Å². The summed E-state index contributed by atoms with van der Waals surface area (Å²) in [5.41, 5.74) is 1.19. The predicted octanol–water partition coefficient (Wildman–Crippen LogP) is 2.65. The summed E-state index contributed by atoms with van der Waals surface area (Å²) in [6.45, 7) is 0.923. The van der Waals surface area contributed by atoms with Gasteiger partial charge in [0.2, 0.25) is 0 Å². The molecule has 1 aliphatic rings. The third kappa shape index (κ3) is 4.17. The van der Waals surface area contributed by atoms with Crippen LogP contribution in [0.25, 0.3) is 0 Å². The molecule has 1 heterocycles. The summed E-state index contributed by atoms with van der Waals surface area (Å²) in [5, 5.41) is 10.7. The average molecular weight is 375 g/mol. The van der Waals surface area contributed by atoms with Crippen molar-refractivity contribution in [1.82, 2.24) is 0 Å². The van der Waals surface area contributed by atoms with E-state index in [1.807, 2.05) is 4.90 Å². The highest BCUT2D eigenvalue weighted by molar-refractivity contribution is 7.93. The molecule has 1 fully saturated rings. The molecule has 0 aliphatic carbocycles. The summed E-state index contributed by atoms with van der Waals surface area (Å²) in [4.78, 5) is 29.0. The van der Waals surface area contributed by atoms with Crippen LogP contribution in [0.3, 0.4) is 0 Å². The van der Waals surface area contributed by atoms with Gasteiger partial charge in [0, 0.05) is 30.9 Å². The van der Waals surface area contributed by atoms with Crippen molar-refractivity contribution in [2.24, 2.45) is 4.53 Å². The molecule has 0 atom stereocenters. The highest BCUT2D eigenvalue weighted by Crippen LogP contribution is 2.21. The molecule has 0 spiro atoms. The Morgan fingerprint density at radius 3 is 2.27 bits per heavy atom. The first kappa shape index (κ1) is 17.9. The van der Waals surface area contributed by atoms with Gasteiger partial charge in [-0.25, -0.2) is 9.00 Å². The van der Waals surface area contributed by atoms with Crippen LogP contribution in [0.1, 0.15) is 10.4 Å². The number of hydrogen-bond donors (Lipinski definition) is 0. The summed E-state index contributed by atoms with van der Waals surface area (Å²) in [6, 6.07) is 14.6. The van der Waals surface area contributed by atoms with Crippen molar-refractivity contribution in [1.29, 1.82) is 0 Å². The Balaban J connectivity index is 1.62. The normalized spacial score (nSPS) is 15.9. The fraction of sp³-hybridized carbons (Fsp3) is 0.235. The molecular formula is C17H17N3O5S. The highest BCUT2D eigenvalue weighted by Gasteiger charge is 2.22. The zero-order valence-corrected chi connectivity index (χ0v) is 14.6. The first-order valence-electron chi connectivity index (χ1n) is 7.94. The van der Waals surface area contributed by atoms with Gasteiger partial charge in [0.05, 0.1) is 31.7 Å². The van der Waals surface area contributed by atoms with E-state index in [-0.39, 0.29) is 17.2 Å². The molecule has 9 heteroatoms. The Labute approximate surface area is 150 Å². The molecule has 0 radical (unpaired) electrons. The van der Waals surface area contributed by atoms with Gasteiger partial charge in [0.1, 0.15) is 0 Å². The van der Waals surface area contributed by atoms with E-state index in [0.717, 1.165) is 5.69 Å². The smallest absolute Gasteiger partial charge is 0.366 e. The largest absolute Gasteiger partial charge is 0.370 e. The third-order valence-corrected chi connectivity index (χ3v) is 6.04. The summed E-state index contributed by atoms with van der Waals surface area (Å²) in [5.74, 6) is -0.121.